The monoisotopic (exact) mass is 697 g/mol. The molecule has 1 aliphatic carbocycles. The molecular weight excluding hydrogens is 646 g/mol. The van der Waals surface area contributed by atoms with Crippen LogP contribution in [0.25, 0.3) is 10.8 Å². The van der Waals surface area contributed by atoms with Crippen molar-refractivity contribution in [2.24, 2.45) is 11.8 Å². The third-order valence-electron chi connectivity index (χ3n) is 8.87. The number of rotatable bonds is 18. The number of carbonyl (C=O) groups is 6. The largest absolute Gasteiger partial charge is 0.481 e. The predicted octanol–water partition coefficient (Wildman–Crippen LogP) is 3.55. The van der Waals surface area contributed by atoms with E-state index in [4.69, 9.17) is 5.11 Å². The molecule has 1 saturated carbocycles. The van der Waals surface area contributed by atoms with Crippen LogP contribution in [0, 0.1) is 11.8 Å². The number of hydrogen-bond acceptors (Lipinski definition) is 7. The fraction of sp³-hybridized carbons (Fsp3) is 0.556. The van der Waals surface area contributed by atoms with Crippen LogP contribution in [0.4, 0.5) is 4.79 Å². The maximum atomic E-state index is 13.6. The molecule has 2 aromatic carbocycles. The number of hydrogen-bond donors (Lipinski definition) is 8. The number of unbranched alkanes of at least 4 members (excludes halogenated alkanes) is 1. The molecule has 0 aliphatic heterocycles. The lowest BCUT2D eigenvalue weighted by atomic mass is 9.81. The van der Waals surface area contributed by atoms with Crippen molar-refractivity contribution in [3.63, 3.8) is 0 Å². The SMILES string of the molecule is CC(C)(C)NC[C@H]1CC[C@H](C(=O)N[C@H](C(=O)NCCCC[C@H](NC(=O)N[C@@H](CCC(=O)O)C(=O)O)C(=O)O)c2ccc3ccccc3c2)CC1. The Bertz CT molecular complexity index is 1500. The summed E-state index contributed by atoms with van der Waals surface area (Å²) in [6.45, 7) is 7.47. The van der Waals surface area contributed by atoms with Crippen molar-refractivity contribution < 1.29 is 44.1 Å². The van der Waals surface area contributed by atoms with Gasteiger partial charge in [-0.25, -0.2) is 14.4 Å². The molecule has 1 aliphatic rings. The Balaban J connectivity index is 1.56. The fourth-order valence-corrected chi connectivity index (χ4v) is 5.95. The topological polar surface area (TPSA) is 223 Å². The molecule has 50 heavy (non-hydrogen) atoms. The summed E-state index contributed by atoms with van der Waals surface area (Å²) in [6, 6.07) is 8.52. The molecule has 0 heterocycles. The Hall–Kier alpha value is -4.72. The quantitative estimate of drug-likeness (QED) is 0.106. The van der Waals surface area contributed by atoms with E-state index in [0.717, 1.165) is 43.0 Å². The van der Waals surface area contributed by atoms with Crippen LogP contribution in [0.5, 0.6) is 0 Å². The van der Waals surface area contributed by atoms with E-state index < -0.39 is 54.4 Å². The van der Waals surface area contributed by atoms with E-state index in [1.807, 2.05) is 42.5 Å². The van der Waals surface area contributed by atoms with Gasteiger partial charge in [-0.3, -0.25) is 14.4 Å². The first-order valence-electron chi connectivity index (χ1n) is 17.2. The minimum atomic E-state index is -1.50. The molecule has 0 saturated heterocycles. The third-order valence-corrected chi connectivity index (χ3v) is 8.87. The van der Waals surface area contributed by atoms with Gasteiger partial charge in [0.1, 0.15) is 18.1 Å². The van der Waals surface area contributed by atoms with Crippen molar-refractivity contribution in [2.45, 2.75) is 102 Å². The van der Waals surface area contributed by atoms with Crippen molar-refractivity contribution in [3.05, 3.63) is 48.0 Å². The average Bonchev–Trinajstić information content (AvgIpc) is 3.06. The molecule has 1 fully saturated rings. The Morgan fingerprint density at radius 1 is 0.780 bits per heavy atom. The van der Waals surface area contributed by atoms with Crippen LogP contribution in [-0.2, 0) is 24.0 Å². The average molecular weight is 698 g/mol. The molecule has 2 aromatic rings. The number of amides is 4. The van der Waals surface area contributed by atoms with Crippen molar-refractivity contribution in [2.75, 3.05) is 13.1 Å². The fourth-order valence-electron chi connectivity index (χ4n) is 5.95. The van der Waals surface area contributed by atoms with Crippen LogP contribution in [0.15, 0.2) is 42.5 Å². The van der Waals surface area contributed by atoms with Gasteiger partial charge < -0.3 is 41.9 Å². The minimum Gasteiger partial charge on any atom is -0.481 e. The van der Waals surface area contributed by atoms with Crippen LogP contribution in [0.1, 0.15) is 90.2 Å². The number of carboxylic acid groups (broad SMARTS) is 3. The van der Waals surface area contributed by atoms with E-state index >= 15 is 0 Å². The molecule has 0 bridgehead atoms. The third kappa shape index (κ3) is 13.3. The summed E-state index contributed by atoms with van der Waals surface area (Å²) in [6.07, 6.45) is 3.11. The zero-order chi connectivity index (χ0) is 36.8. The van der Waals surface area contributed by atoms with Gasteiger partial charge in [0.2, 0.25) is 11.8 Å². The van der Waals surface area contributed by atoms with Gasteiger partial charge in [0.05, 0.1) is 0 Å². The molecular formula is C36H51N5O9. The number of benzene rings is 2. The highest BCUT2D eigenvalue weighted by Gasteiger charge is 2.31. The van der Waals surface area contributed by atoms with Gasteiger partial charge >= 0.3 is 23.9 Å². The maximum Gasteiger partial charge on any atom is 0.326 e. The molecule has 0 radical (unpaired) electrons. The number of aliphatic carboxylic acids is 3. The lowest BCUT2D eigenvalue weighted by Gasteiger charge is -2.31. The van der Waals surface area contributed by atoms with Crippen molar-refractivity contribution in [3.8, 4) is 0 Å². The van der Waals surface area contributed by atoms with Crippen LogP contribution >= 0.6 is 0 Å². The summed E-state index contributed by atoms with van der Waals surface area (Å²) in [7, 11) is 0. The van der Waals surface area contributed by atoms with Crippen LogP contribution in [0.2, 0.25) is 0 Å². The normalized spacial score (nSPS) is 17.9. The Labute approximate surface area is 292 Å². The van der Waals surface area contributed by atoms with E-state index in [2.05, 4.69) is 47.4 Å². The second-order valence-electron chi connectivity index (χ2n) is 14.0. The lowest BCUT2D eigenvalue weighted by Crippen LogP contribution is -2.51. The molecule has 0 aromatic heterocycles. The number of carboxylic acids is 3. The number of fused-ring (bicyclic) bond motifs is 1. The predicted molar refractivity (Wildman–Crippen MR) is 186 cm³/mol. The standard InChI is InChI=1S/C36H51N5O9/c1-36(2,3)38-21-22-11-13-24(14-12-22)31(44)41-30(26-16-15-23-8-4-5-9-25(23)20-26)32(45)37-19-7-6-10-27(33(46)47)39-35(50)40-28(34(48)49)17-18-29(42)43/h4-5,8-9,15-16,20,22,24,27-28,30,38H,6-7,10-14,17-19,21H2,1-3H3,(H,37,45)(H,41,44)(H,42,43)(H,46,47)(H,48,49)(H2,39,40,50)/t22-,24-,27-,28-,30-/m0/s1. The molecule has 3 rings (SSSR count). The van der Waals surface area contributed by atoms with Crippen LogP contribution < -0.4 is 26.6 Å². The first kappa shape index (κ1) is 39.7. The van der Waals surface area contributed by atoms with Crippen molar-refractivity contribution >= 4 is 46.5 Å². The molecule has 3 atom stereocenters. The summed E-state index contributed by atoms with van der Waals surface area (Å²) >= 11 is 0. The van der Waals surface area contributed by atoms with Gasteiger partial charge in [0.15, 0.2) is 0 Å². The summed E-state index contributed by atoms with van der Waals surface area (Å²) in [5.74, 6) is -4.28. The van der Waals surface area contributed by atoms with Crippen LogP contribution in [0.3, 0.4) is 0 Å². The molecule has 14 nitrogen and oxygen atoms in total. The zero-order valence-corrected chi connectivity index (χ0v) is 29.0. The Kier molecular flexibility index (Phi) is 15.0. The van der Waals surface area contributed by atoms with Gasteiger partial charge in [-0.15, -0.1) is 0 Å². The highest BCUT2D eigenvalue weighted by atomic mass is 16.4. The Morgan fingerprint density at radius 3 is 2.00 bits per heavy atom. The second kappa shape index (κ2) is 18.9. The molecule has 274 valence electrons. The van der Waals surface area contributed by atoms with E-state index in [9.17, 15) is 39.0 Å². The van der Waals surface area contributed by atoms with Gasteiger partial charge in [0, 0.05) is 24.4 Å². The second-order valence-corrected chi connectivity index (χ2v) is 14.0. The van der Waals surface area contributed by atoms with Gasteiger partial charge in [-0.1, -0.05) is 36.4 Å². The Morgan fingerprint density at radius 2 is 1.40 bits per heavy atom. The number of nitrogens with one attached hydrogen (secondary N) is 5. The lowest BCUT2D eigenvalue weighted by molar-refractivity contribution is -0.141. The minimum absolute atomic E-state index is 0.00965. The van der Waals surface area contributed by atoms with Crippen molar-refractivity contribution in [1.29, 1.82) is 0 Å². The van der Waals surface area contributed by atoms with Gasteiger partial charge in [-0.2, -0.15) is 0 Å². The van der Waals surface area contributed by atoms with Gasteiger partial charge in [0.25, 0.3) is 0 Å². The summed E-state index contributed by atoms with van der Waals surface area (Å²) < 4.78 is 0. The molecule has 4 amide bonds. The molecule has 8 N–H and O–H groups in total. The molecule has 0 spiro atoms. The molecule has 14 heteroatoms. The van der Waals surface area contributed by atoms with Crippen LogP contribution in [-0.4, -0.2) is 81.8 Å². The van der Waals surface area contributed by atoms with Gasteiger partial charge in [-0.05, 0) is 107 Å². The highest BCUT2D eigenvalue weighted by molar-refractivity contribution is 5.91. The van der Waals surface area contributed by atoms with E-state index in [1.165, 1.54) is 0 Å². The summed E-state index contributed by atoms with van der Waals surface area (Å²) in [5, 5.41) is 43.2. The zero-order valence-electron chi connectivity index (χ0n) is 29.0. The number of urea groups is 1. The van der Waals surface area contributed by atoms with Crippen molar-refractivity contribution in [1.82, 2.24) is 26.6 Å². The number of carbonyl (C=O) groups excluding carboxylic acids is 3. The highest BCUT2D eigenvalue weighted by Crippen LogP contribution is 2.30. The summed E-state index contributed by atoms with van der Waals surface area (Å²) in [4.78, 5) is 73.2. The first-order valence-corrected chi connectivity index (χ1v) is 17.2. The van der Waals surface area contributed by atoms with E-state index in [1.54, 1.807) is 0 Å². The van der Waals surface area contributed by atoms with E-state index in [-0.39, 0.29) is 36.8 Å². The maximum absolute atomic E-state index is 13.6. The smallest absolute Gasteiger partial charge is 0.326 e. The molecule has 0 unspecified atom stereocenters. The first-order chi connectivity index (χ1) is 23.6. The van der Waals surface area contributed by atoms with E-state index in [0.29, 0.717) is 24.3 Å². The summed E-state index contributed by atoms with van der Waals surface area (Å²) in [5.41, 5.74) is 0.667.